The number of nitrogens with zero attached hydrogens (tertiary/aromatic N) is 4. The van der Waals surface area contributed by atoms with E-state index in [1.165, 1.54) is 22.2 Å². The van der Waals surface area contributed by atoms with Gasteiger partial charge in [-0.05, 0) is 35.4 Å². The average Bonchev–Trinajstić information content (AvgIpc) is 3.37. The minimum atomic E-state index is 0.0296. The zero-order valence-electron chi connectivity index (χ0n) is 17.3. The van der Waals surface area contributed by atoms with Crippen molar-refractivity contribution in [3.8, 4) is 5.69 Å². The molecule has 7 nitrogen and oxygen atoms in total. The highest BCUT2D eigenvalue weighted by atomic mass is 32.2. The smallest absolute Gasteiger partial charge is 0.230 e. The van der Waals surface area contributed by atoms with Crippen molar-refractivity contribution in [2.24, 2.45) is 0 Å². The lowest BCUT2D eigenvalue weighted by atomic mass is 10.1. The van der Waals surface area contributed by atoms with Gasteiger partial charge in [-0.15, -0.1) is 5.10 Å². The lowest BCUT2D eigenvalue weighted by molar-refractivity contribution is -0.901. The van der Waals surface area contributed by atoms with Gasteiger partial charge in [0.25, 0.3) is 0 Å². The van der Waals surface area contributed by atoms with Crippen LogP contribution >= 0.6 is 11.8 Å². The fourth-order valence-corrected chi connectivity index (χ4v) is 4.74. The van der Waals surface area contributed by atoms with Crippen LogP contribution in [-0.4, -0.2) is 51.0 Å². The molecule has 156 valence electrons. The zero-order valence-corrected chi connectivity index (χ0v) is 18.2. The summed E-state index contributed by atoms with van der Waals surface area (Å²) in [6, 6.07) is 16.8. The Balaban J connectivity index is 1.30. The number of carbonyl (C=O) groups excluding carboxylic acids is 1. The molecule has 2 atom stereocenters. The molecule has 2 aromatic carbocycles. The predicted octanol–water partition coefficient (Wildman–Crippen LogP) is 1.34. The second-order valence-corrected chi connectivity index (χ2v) is 8.76. The van der Waals surface area contributed by atoms with E-state index < -0.39 is 0 Å². The molecule has 2 heterocycles. The van der Waals surface area contributed by atoms with Crippen LogP contribution < -0.4 is 10.2 Å². The molecule has 0 saturated carbocycles. The van der Waals surface area contributed by atoms with Gasteiger partial charge < -0.3 is 10.2 Å². The van der Waals surface area contributed by atoms with E-state index in [4.69, 9.17) is 0 Å². The van der Waals surface area contributed by atoms with Gasteiger partial charge in [-0.2, -0.15) is 4.68 Å². The zero-order chi connectivity index (χ0) is 20.9. The van der Waals surface area contributed by atoms with Crippen molar-refractivity contribution in [3.63, 3.8) is 0 Å². The quantitative estimate of drug-likeness (QED) is 0.561. The Bertz CT molecular complexity index is 986. The minimum Gasteiger partial charge on any atom is -0.347 e. The number of amides is 1. The molecule has 1 unspecified atom stereocenters. The van der Waals surface area contributed by atoms with Crippen LogP contribution in [0.2, 0.25) is 0 Å². The summed E-state index contributed by atoms with van der Waals surface area (Å²) in [5.74, 6) is 0.331. The molecule has 1 fully saturated rings. The summed E-state index contributed by atoms with van der Waals surface area (Å²) < 4.78 is 1.73. The monoisotopic (exact) mass is 423 g/mol. The molecule has 1 saturated heterocycles. The molecule has 8 heteroatoms. The SMILES string of the molecule is Cc1cccc(C)c1-n1nnnc1SCC(=O)N[C@H]1CC[NH+](Cc2ccccc2)C1. The third-order valence-electron chi connectivity index (χ3n) is 5.47. The van der Waals surface area contributed by atoms with Crippen LogP contribution in [-0.2, 0) is 11.3 Å². The third-order valence-corrected chi connectivity index (χ3v) is 6.39. The maximum absolute atomic E-state index is 12.5. The Morgan fingerprint density at radius 2 is 1.93 bits per heavy atom. The first kappa shape index (κ1) is 20.6. The van der Waals surface area contributed by atoms with Crippen LogP contribution in [0.5, 0.6) is 0 Å². The highest BCUT2D eigenvalue weighted by Gasteiger charge is 2.27. The number of rotatable bonds is 7. The topological polar surface area (TPSA) is 77.1 Å². The second kappa shape index (κ2) is 9.40. The van der Waals surface area contributed by atoms with E-state index in [1.54, 1.807) is 4.68 Å². The number of aryl methyl sites for hydroxylation is 2. The van der Waals surface area contributed by atoms with Crippen molar-refractivity contribution < 1.29 is 9.69 Å². The van der Waals surface area contributed by atoms with Gasteiger partial charge in [0, 0.05) is 12.0 Å². The average molecular weight is 424 g/mol. The molecule has 2 N–H and O–H groups in total. The molecule has 0 radical (unpaired) electrons. The number of hydrogen-bond donors (Lipinski definition) is 2. The molecule has 4 rings (SSSR count). The number of benzene rings is 2. The molecule has 0 aliphatic carbocycles. The molecule has 0 spiro atoms. The lowest BCUT2D eigenvalue weighted by Crippen LogP contribution is -3.09. The van der Waals surface area contributed by atoms with E-state index in [2.05, 4.69) is 45.1 Å². The Hall–Kier alpha value is -2.71. The first-order valence-corrected chi connectivity index (χ1v) is 11.2. The maximum Gasteiger partial charge on any atom is 0.230 e. The molecule has 0 bridgehead atoms. The Labute approximate surface area is 180 Å². The van der Waals surface area contributed by atoms with Crippen LogP contribution in [0.15, 0.2) is 53.7 Å². The summed E-state index contributed by atoms with van der Waals surface area (Å²) >= 11 is 1.37. The van der Waals surface area contributed by atoms with Crippen LogP contribution in [0.3, 0.4) is 0 Å². The number of nitrogens with one attached hydrogen (secondary N) is 2. The molecule has 1 aromatic heterocycles. The van der Waals surface area contributed by atoms with Crippen LogP contribution in [0.1, 0.15) is 23.1 Å². The molecule has 30 heavy (non-hydrogen) atoms. The van der Waals surface area contributed by atoms with E-state index in [1.807, 2.05) is 38.1 Å². The maximum atomic E-state index is 12.5. The lowest BCUT2D eigenvalue weighted by Gasteiger charge is -2.14. The third kappa shape index (κ3) is 4.88. The summed E-state index contributed by atoms with van der Waals surface area (Å²) in [6.45, 7) is 7.12. The Kier molecular flexibility index (Phi) is 6.44. The largest absolute Gasteiger partial charge is 0.347 e. The number of carbonyl (C=O) groups is 1. The number of thioether (sulfide) groups is 1. The summed E-state index contributed by atoms with van der Waals surface area (Å²) in [4.78, 5) is 14.0. The Morgan fingerprint density at radius 1 is 1.17 bits per heavy atom. The van der Waals surface area contributed by atoms with E-state index in [-0.39, 0.29) is 11.9 Å². The molecule has 1 aliphatic heterocycles. The van der Waals surface area contributed by atoms with Crippen molar-refractivity contribution in [1.82, 2.24) is 25.5 Å². The van der Waals surface area contributed by atoms with Crippen molar-refractivity contribution in [2.75, 3.05) is 18.8 Å². The number of tetrazole rings is 1. The van der Waals surface area contributed by atoms with Gasteiger partial charge in [0.15, 0.2) is 0 Å². The fraction of sp³-hybridized carbons (Fsp3) is 0.364. The molecule has 1 amide bonds. The number of hydrogen-bond acceptors (Lipinski definition) is 5. The van der Waals surface area contributed by atoms with E-state index >= 15 is 0 Å². The van der Waals surface area contributed by atoms with Crippen molar-refractivity contribution in [3.05, 3.63) is 65.2 Å². The van der Waals surface area contributed by atoms with Gasteiger partial charge in [-0.3, -0.25) is 4.79 Å². The van der Waals surface area contributed by atoms with Crippen LogP contribution in [0, 0.1) is 13.8 Å². The molecular weight excluding hydrogens is 396 g/mol. The van der Waals surface area contributed by atoms with Crippen molar-refractivity contribution in [2.45, 2.75) is 38.0 Å². The van der Waals surface area contributed by atoms with Crippen LogP contribution in [0.25, 0.3) is 5.69 Å². The summed E-state index contributed by atoms with van der Waals surface area (Å²) in [5.41, 5.74) is 4.51. The first-order valence-electron chi connectivity index (χ1n) is 10.2. The summed E-state index contributed by atoms with van der Waals surface area (Å²) in [5, 5.41) is 15.9. The molecule has 1 aliphatic rings. The standard InChI is InChI=1S/C22H26N6OS/c1-16-7-6-8-17(2)21(16)28-22(24-25-26-28)30-15-20(29)23-19-11-12-27(14-19)13-18-9-4-3-5-10-18/h3-10,19H,11-15H2,1-2H3,(H,23,29)/p+1/t19-/m0/s1. The number of aromatic nitrogens is 4. The number of likely N-dealkylation sites (tertiary alicyclic amines) is 1. The summed E-state index contributed by atoms with van der Waals surface area (Å²) in [6.07, 6.45) is 1.01. The van der Waals surface area contributed by atoms with Crippen LogP contribution in [0.4, 0.5) is 0 Å². The van der Waals surface area contributed by atoms with Gasteiger partial charge in [-0.25, -0.2) is 0 Å². The van der Waals surface area contributed by atoms with Crippen molar-refractivity contribution >= 4 is 17.7 Å². The summed E-state index contributed by atoms with van der Waals surface area (Å²) in [7, 11) is 0. The highest BCUT2D eigenvalue weighted by molar-refractivity contribution is 7.99. The van der Waals surface area contributed by atoms with E-state index in [9.17, 15) is 4.79 Å². The van der Waals surface area contributed by atoms with E-state index in [0.717, 1.165) is 42.9 Å². The second-order valence-electron chi connectivity index (χ2n) is 7.82. The minimum absolute atomic E-state index is 0.0296. The molecule has 3 aromatic rings. The van der Waals surface area contributed by atoms with E-state index in [0.29, 0.717) is 10.9 Å². The van der Waals surface area contributed by atoms with Gasteiger partial charge in [0.05, 0.1) is 30.6 Å². The van der Waals surface area contributed by atoms with Gasteiger partial charge >= 0.3 is 0 Å². The normalized spacial score (nSPS) is 18.5. The number of para-hydroxylation sites is 1. The first-order chi connectivity index (χ1) is 14.6. The van der Waals surface area contributed by atoms with Gasteiger partial charge in [0.1, 0.15) is 6.54 Å². The van der Waals surface area contributed by atoms with Gasteiger partial charge in [-0.1, -0.05) is 60.3 Å². The molecular formula is C22H27N6OS+. The highest BCUT2D eigenvalue weighted by Crippen LogP contribution is 2.23. The Morgan fingerprint density at radius 3 is 2.70 bits per heavy atom. The van der Waals surface area contributed by atoms with Crippen molar-refractivity contribution in [1.29, 1.82) is 0 Å². The fourth-order valence-electron chi connectivity index (χ4n) is 4.05. The predicted molar refractivity (Wildman–Crippen MR) is 117 cm³/mol. The number of quaternary nitrogens is 1. The van der Waals surface area contributed by atoms with Gasteiger partial charge in [0.2, 0.25) is 11.1 Å².